The van der Waals surface area contributed by atoms with Crippen molar-refractivity contribution in [3.05, 3.63) is 5.89 Å². The predicted octanol–water partition coefficient (Wildman–Crippen LogP) is 2.65. The lowest BCUT2D eigenvalue weighted by atomic mass is 9.97. The van der Waals surface area contributed by atoms with E-state index in [0.29, 0.717) is 5.89 Å². The Bertz CT molecular complexity index is 421. The van der Waals surface area contributed by atoms with Gasteiger partial charge in [-0.25, -0.2) is 0 Å². The van der Waals surface area contributed by atoms with Gasteiger partial charge in [-0.15, -0.1) is 5.10 Å². The Morgan fingerprint density at radius 1 is 1.40 bits per heavy atom. The number of carbonyl (C=O) groups excluding carboxylic acids is 1. The smallest absolute Gasteiger partial charge is 0.322 e. The van der Waals surface area contributed by atoms with E-state index >= 15 is 0 Å². The molecule has 1 aliphatic rings. The first-order chi connectivity index (χ1) is 9.74. The number of anilines is 1. The van der Waals surface area contributed by atoms with Gasteiger partial charge < -0.3 is 9.73 Å². The highest BCUT2D eigenvalue weighted by atomic mass is 16.4. The van der Waals surface area contributed by atoms with E-state index in [1.54, 1.807) is 0 Å². The molecule has 1 unspecified atom stereocenters. The molecule has 6 heteroatoms. The van der Waals surface area contributed by atoms with Gasteiger partial charge >= 0.3 is 6.01 Å². The van der Waals surface area contributed by atoms with Gasteiger partial charge in [0.05, 0.1) is 6.04 Å². The van der Waals surface area contributed by atoms with Crippen LogP contribution < -0.4 is 10.6 Å². The second-order valence-corrected chi connectivity index (χ2v) is 5.36. The van der Waals surface area contributed by atoms with Gasteiger partial charge in [0.15, 0.2) is 0 Å². The third-order valence-electron chi connectivity index (χ3n) is 3.67. The van der Waals surface area contributed by atoms with Crippen molar-refractivity contribution in [2.75, 3.05) is 11.9 Å². The molecule has 2 rings (SSSR count). The number of carbonyl (C=O) groups is 1. The van der Waals surface area contributed by atoms with Crippen LogP contribution in [0.2, 0.25) is 0 Å². The number of aromatic nitrogens is 2. The van der Waals surface area contributed by atoms with Crippen LogP contribution in [0.5, 0.6) is 0 Å². The first kappa shape index (κ1) is 15.0. The van der Waals surface area contributed by atoms with Crippen molar-refractivity contribution in [2.24, 2.45) is 5.92 Å². The van der Waals surface area contributed by atoms with Gasteiger partial charge in [-0.05, 0) is 32.2 Å². The molecule has 0 radical (unpaired) electrons. The molecule has 1 aliphatic heterocycles. The number of amides is 1. The summed E-state index contributed by atoms with van der Waals surface area (Å²) in [5.74, 6) is 0.591. The maximum atomic E-state index is 12.2. The highest BCUT2D eigenvalue weighted by molar-refractivity contribution is 5.90. The molecule has 1 atom stereocenters. The zero-order valence-corrected chi connectivity index (χ0v) is 12.3. The van der Waals surface area contributed by atoms with E-state index in [4.69, 9.17) is 4.42 Å². The van der Waals surface area contributed by atoms with Gasteiger partial charge in [-0.1, -0.05) is 31.8 Å². The van der Waals surface area contributed by atoms with Crippen LogP contribution in [0.4, 0.5) is 6.01 Å². The van der Waals surface area contributed by atoms with Crippen LogP contribution in [0.3, 0.4) is 0 Å². The van der Waals surface area contributed by atoms with Crippen molar-refractivity contribution in [1.29, 1.82) is 0 Å². The van der Waals surface area contributed by atoms with Gasteiger partial charge in [-0.3, -0.25) is 10.1 Å². The molecule has 0 bridgehead atoms. The molecule has 1 aromatic heterocycles. The number of nitrogens with one attached hydrogen (secondary N) is 2. The second kappa shape index (κ2) is 7.38. The van der Waals surface area contributed by atoms with Gasteiger partial charge in [0.1, 0.15) is 0 Å². The zero-order valence-electron chi connectivity index (χ0n) is 12.3. The summed E-state index contributed by atoms with van der Waals surface area (Å²) in [6.07, 6.45) is 5.90. The van der Waals surface area contributed by atoms with Crippen molar-refractivity contribution >= 4 is 11.9 Å². The van der Waals surface area contributed by atoms with E-state index in [1.807, 2.05) is 0 Å². The molecule has 20 heavy (non-hydrogen) atoms. The average Bonchev–Trinajstić information content (AvgIpc) is 3.08. The predicted molar refractivity (Wildman–Crippen MR) is 76.2 cm³/mol. The molecule has 0 spiro atoms. The number of hydrogen-bond acceptors (Lipinski definition) is 5. The Balaban J connectivity index is 1.92. The molecule has 1 aromatic rings. The van der Waals surface area contributed by atoms with Crippen molar-refractivity contribution in [3.8, 4) is 0 Å². The standard InChI is InChI=1S/C14H24N4O2/c1-3-6-10(7-4-2)12(19)16-14-18-17-13(20-14)11-8-5-9-15-11/h10-11,15H,3-9H2,1-2H3,(H,16,18,19). The van der Waals surface area contributed by atoms with Gasteiger partial charge in [0.25, 0.3) is 0 Å². The first-order valence-electron chi connectivity index (χ1n) is 7.62. The molecule has 2 N–H and O–H groups in total. The highest BCUT2D eigenvalue weighted by Gasteiger charge is 2.24. The quantitative estimate of drug-likeness (QED) is 0.802. The first-order valence-corrected chi connectivity index (χ1v) is 7.62. The summed E-state index contributed by atoms with van der Waals surface area (Å²) in [4.78, 5) is 12.2. The van der Waals surface area contributed by atoms with E-state index in [2.05, 4.69) is 34.7 Å². The van der Waals surface area contributed by atoms with Crippen LogP contribution in [0.1, 0.15) is 64.3 Å². The summed E-state index contributed by atoms with van der Waals surface area (Å²) >= 11 is 0. The van der Waals surface area contributed by atoms with Gasteiger partial charge in [-0.2, -0.15) is 0 Å². The summed E-state index contributed by atoms with van der Waals surface area (Å²) in [5, 5.41) is 14.0. The molecule has 0 saturated carbocycles. The molecule has 2 heterocycles. The molecule has 1 fully saturated rings. The third-order valence-corrected chi connectivity index (χ3v) is 3.67. The number of hydrogen-bond donors (Lipinski definition) is 2. The Morgan fingerprint density at radius 2 is 2.15 bits per heavy atom. The van der Waals surface area contributed by atoms with Crippen LogP contribution in [0, 0.1) is 5.92 Å². The average molecular weight is 280 g/mol. The fourth-order valence-electron chi connectivity index (χ4n) is 2.63. The Hall–Kier alpha value is -1.43. The number of nitrogens with zero attached hydrogens (tertiary/aromatic N) is 2. The van der Waals surface area contributed by atoms with Crippen LogP contribution in [-0.4, -0.2) is 22.6 Å². The Kier molecular flexibility index (Phi) is 5.52. The molecule has 0 aliphatic carbocycles. The van der Waals surface area contributed by atoms with Crippen LogP contribution in [0.25, 0.3) is 0 Å². The van der Waals surface area contributed by atoms with E-state index in [1.165, 1.54) is 0 Å². The Labute approximate surface area is 119 Å². The zero-order chi connectivity index (χ0) is 14.4. The maximum Gasteiger partial charge on any atom is 0.322 e. The third kappa shape index (κ3) is 3.79. The molecule has 1 saturated heterocycles. The van der Waals surface area contributed by atoms with Crippen molar-refractivity contribution < 1.29 is 9.21 Å². The van der Waals surface area contributed by atoms with Crippen LogP contribution in [0.15, 0.2) is 4.42 Å². The van der Waals surface area contributed by atoms with E-state index in [0.717, 1.165) is 45.1 Å². The maximum absolute atomic E-state index is 12.2. The minimum Gasteiger partial charge on any atom is -0.406 e. The Morgan fingerprint density at radius 3 is 2.75 bits per heavy atom. The summed E-state index contributed by atoms with van der Waals surface area (Å²) in [7, 11) is 0. The van der Waals surface area contributed by atoms with Crippen LogP contribution in [-0.2, 0) is 4.79 Å². The van der Waals surface area contributed by atoms with Crippen molar-refractivity contribution in [1.82, 2.24) is 15.5 Å². The topological polar surface area (TPSA) is 80.0 Å². The monoisotopic (exact) mass is 280 g/mol. The normalized spacial score (nSPS) is 18.6. The molecular formula is C14H24N4O2. The minimum atomic E-state index is -0.0109. The largest absolute Gasteiger partial charge is 0.406 e. The lowest BCUT2D eigenvalue weighted by Gasteiger charge is -2.13. The lowest BCUT2D eigenvalue weighted by Crippen LogP contribution is -2.22. The number of rotatable bonds is 7. The summed E-state index contributed by atoms with van der Waals surface area (Å²) in [6.45, 7) is 5.16. The lowest BCUT2D eigenvalue weighted by molar-refractivity contribution is -0.120. The second-order valence-electron chi connectivity index (χ2n) is 5.36. The molecule has 1 amide bonds. The van der Waals surface area contributed by atoms with E-state index < -0.39 is 0 Å². The molecule has 112 valence electrons. The summed E-state index contributed by atoms with van der Waals surface area (Å²) < 4.78 is 5.53. The van der Waals surface area contributed by atoms with E-state index in [9.17, 15) is 4.79 Å². The fourth-order valence-corrected chi connectivity index (χ4v) is 2.63. The molecule has 6 nitrogen and oxygen atoms in total. The van der Waals surface area contributed by atoms with Gasteiger partial charge in [0, 0.05) is 5.92 Å². The summed E-state index contributed by atoms with van der Waals surface area (Å²) in [5.41, 5.74) is 0. The van der Waals surface area contributed by atoms with Gasteiger partial charge in [0.2, 0.25) is 11.8 Å². The summed E-state index contributed by atoms with van der Waals surface area (Å²) in [6, 6.07) is 0.353. The van der Waals surface area contributed by atoms with Crippen molar-refractivity contribution in [3.63, 3.8) is 0 Å². The minimum absolute atomic E-state index is 0.0109. The molecular weight excluding hydrogens is 256 g/mol. The molecule has 0 aromatic carbocycles. The fraction of sp³-hybridized carbons (Fsp3) is 0.786. The SMILES string of the molecule is CCCC(CCC)C(=O)Nc1nnc(C2CCCN2)o1. The van der Waals surface area contributed by atoms with E-state index in [-0.39, 0.29) is 23.9 Å². The van der Waals surface area contributed by atoms with Crippen LogP contribution >= 0.6 is 0 Å². The highest BCUT2D eigenvalue weighted by Crippen LogP contribution is 2.23. The van der Waals surface area contributed by atoms with Crippen molar-refractivity contribution in [2.45, 2.75) is 58.4 Å².